The fraction of sp³-hybridized carbons (Fsp3) is 0.167. The van der Waals surface area contributed by atoms with E-state index in [0.717, 1.165) is 16.7 Å². The molecule has 3 aromatic rings. The van der Waals surface area contributed by atoms with Crippen LogP contribution in [-0.2, 0) is 11.2 Å². The fourth-order valence-electron chi connectivity index (χ4n) is 2.16. The molecule has 1 N–H and O–H groups in total. The van der Waals surface area contributed by atoms with Gasteiger partial charge in [-0.15, -0.1) is 0 Å². The third kappa shape index (κ3) is 3.81. The lowest BCUT2D eigenvalue weighted by Gasteiger charge is -2.05. The molecule has 3 rings (SSSR count). The van der Waals surface area contributed by atoms with Crippen molar-refractivity contribution in [2.24, 2.45) is 0 Å². The lowest BCUT2D eigenvalue weighted by atomic mass is 10.1. The zero-order valence-corrected chi connectivity index (χ0v) is 14.1. The smallest absolute Gasteiger partial charge is 0.257 e. The predicted molar refractivity (Wildman–Crippen MR) is 93.0 cm³/mol. The fourth-order valence-corrected chi connectivity index (χ4v) is 2.34. The van der Waals surface area contributed by atoms with Gasteiger partial charge < -0.3 is 9.84 Å². The van der Waals surface area contributed by atoms with Crippen LogP contribution in [0.15, 0.2) is 47.0 Å². The summed E-state index contributed by atoms with van der Waals surface area (Å²) >= 11 is 6.05. The maximum absolute atomic E-state index is 12.1. The third-order valence-electron chi connectivity index (χ3n) is 3.54. The first-order valence-electron chi connectivity index (χ1n) is 7.47. The molecule has 1 amide bonds. The quantitative estimate of drug-likeness (QED) is 0.772. The number of benzene rings is 2. The SMILES string of the molecule is Cc1ccc(-c2nc(CC(=O)Nc3ccc(C)c(Cl)c3)no2)cc1. The number of carbonyl (C=O) groups excluding carboxylic acids is 1. The zero-order chi connectivity index (χ0) is 17.1. The van der Waals surface area contributed by atoms with Crippen molar-refractivity contribution in [2.45, 2.75) is 20.3 Å². The summed E-state index contributed by atoms with van der Waals surface area (Å²) < 4.78 is 5.21. The molecule has 0 aliphatic rings. The maximum atomic E-state index is 12.1. The molecular formula is C18H16ClN3O2. The summed E-state index contributed by atoms with van der Waals surface area (Å²) in [6.45, 7) is 3.91. The summed E-state index contributed by atoms with van der Waals surface area (Å²) in [5.74, 6) is 0.503. The average Bonchev–Trinajstić information content (AvgIpc) is 3.00. The van der Waals surface area contributed by atoms with Crippen LogP contribution in [0.1, 0.15) is 17.0 Å². The number of hydrogen-bond acceptors (Lipinski definition) is 4. The molecular weight excluding hydrogens is 326 g/mol. The van der Waals surface area contributed by atoms with Gasteiger partial charge in [-0.2, -0.15) is 4.98 Å². The normalized spacial score (nSPS) is 10.6. The Kier molecular flexibility index (Phi) is 4.62. The van der Waals surface area contributed by atoms with Gasteiger partial charge in [0.05, 0.1) is 6.42 Å². The van der Waals surface area contributed by atoms with Gasteiger partial charge in [0, 0.05) is 16.3 Å². The zero-order valence-electron chi connectivity index (χ0n) is 13.3. The number of rotatable bonds is 4. The van der Waals surface area contributed by atoms with E-state index in [4.69, 9.17) is 16.1 Å². The van der Waals surface area contributed by atoms with Crippen LogP contribution in [0.2, 0.25) is 5.02 Å². The van der Waals surface area contributed by atoms with E-state index in [-0.39, 0.29) is 12.3 Å². The number of aryl methyl sites for hydroxylation is 2. The minimum absolute atomic E-state index is 0.0286. The number of anilines is 1. The maximum Gasteiger partial charge on any atom is 0.257 e. The first-order valence-corrected chi connectivity index (χ1v) is 7.85. The molecule has 6 heteroatoms. The Labute approximate surface area is 144 Å². The van der Waals surface area contributed by atoms with E-state index in [0.29, 0.717) is 22.4 Å². The van der Waals surface area contributed by atoms with Crippen LogP contribution in [0.5, 0.6) is 0 Å². The topological polar surface area (TPSA) is 68.0 Å². The molecule has 0 spiro atoms. The van der Waals surface area contributed by atoms with E-state index >= 15 is 0 Å². The van der Waals surface area contributed by atoms with Gasteiger partial charge in [-0.3, -0.25) is 4.79 Å². The number of nitrogens with zero attached hydrogens (tertiary/aromatic N) is 2. The van der Waals surface area contributed by atoms with Crippen molar-refractivity contribution >= 4 is 23.2 Å². The van der Waals surface area contributed by atoms with Crippen LogP contribution < -0.4 is 5.32 Å². The number of amides is 1. The van der Waals surface area contributed by atoms with E-state index in [1.165, 1.54) is 0 Å². The van der Waals surface area contributed by atoms with Crippen LogP contribution in [0.3, 0.4) is 0 Å². The van der Waals surface area contributed by atoms with Gasteiger partial charge in [0.15, 0.2) is 5.82 Å². The van der Waals surface area contributed by atoms with E-state index in [1.54, 1.807) is 12.1 Å². The van der Waals surface area contributed by atoms with E-state index in [1.807, 2.05) is 44.2 Å². The largest absolute Gasteiger partial charge is 0.334 e. The highest BCUT2D eigenvalue weighted by Crippen LogP contribution is 2.20. The second kappa shape index (κ2) is 6.84. The Morgan fingerprint density at radius 3 is 2.62 bits per heavy atom. The van der Waals surface area contributed by atoms with E-state index < -0.39 is 0 Å². The lowest BCUT2D eigenvalue weighted by Crippen LogP contribution is -2.15. The second-order valence-electron chi connectivity index (χ2n) is 5.57. The molecule has 0 aliphatic carbocycles. The van der Waals surface area contributed by atoms with Crippen molar-refractivity contribution in [3.8, 4) is 11.5 Å². The van der Waals surface area contributed by atoms with Gasteiger partial charge >= 0.3 is 0 Å². The molecule has 2 aromatic carbocycles. The van der Waals surface area contributed by atoms with Gasteiger partial charge in [0.25, 0.3) is 5.89 Å². The number of hydrogen-bond donors (Lipinski definition) is 1. The standard InChI is InChI=1S/C18H16ClN3O2/c1-11-3-6-13(7-4-11)18-21-16(22-24-18)10-17(23)20-14-8-5-12(2)15(19)9-14/h3-9H,10H2,1-2H3,(H,20,23). The highest BCUT2D eigenvalue weighted by Gasteiger charge is 2.13. The summed E-state index contributed by atoms with van der Waals surface area (Å²) in [5.41, 5.74) is 3.56. The molecule has 0 bridgehead atoms. The molecule has 0 aliphatic heterocycles. The first-order chi connectivity index (χ1) is 11.5. The van der Waals surface area contributed by atoms with Gasteiger partial charge in [0.2, 0.25) is 5.91 Å². The molecule has 1 heterocycles. The summed E-state index contributed by atoms with van der Waals surface area (Å²) in [6.07, 6.45) is 0.0286. The molecule has 24 heavy (non-hydrogen) atoms. The van der Waals surface area contributed by atoms with Crippen LogP contribution >= 0.6 is 11.6 Å². The van der Waals surface area contributed by atoms with Crippen molar-refractivity contribution in [1.29, 1.82) is 0 Å². The Morgan fingerprint density at radius 2 is 1.92 bits per heavy atom. The molecule has 5 nitrogen and oxygen atoms in total. The van der Waals surface area contributed by atoms with E-state index in [9.17, 15) is 4.79 Å². The van der Waals surface area contributed by atoms with Crippen molar-refractivity contribution in [3.63, 3.8) is 0 Å². The number of nitrogens with one attached hydrogen (secondary N) is 1. The van der Waals surface area contributed by atoms with Crippen LogP contribution in [0.4, 0.5) is 5.69 Å². The number of carbonyl (C=O) groups is 1. The molecule has 0 saturated heterocycles. The Hall–Kier alpha value is -2.66. The predicted octanol–water partition coefficient (Wildman–Crippen LogP) is 4.19. The third-order valence-corrected chi connectivity index (χ3v) is 3.95. The van der Waals surface area contributed by atoms with Gasteiger partial charge in [-0.1, -0.05) is 40.5 Å². The van der Waals surface area contributed by atoms with Crippen molar-refractivity contribution in [3.05, 3.63) is 64.4 Å². The monoisotopic (exact) mass is 341 g/mol. The Bertz CT molecular complexity index is 872. The van der Waals surface area contributed by atoms with Gasteiger partial charge in [0.1, 0.15) is 0 Å². The summed E-state index contributed by atoms with van der Waals surface area (Å²) in [7, 11) is 0. The molecule has 0 radical (unpaired) electrons. The molecule has 0 saturated carbocycles. The lowest BCUT2D eigenvalue weighted by molar-refractivity contribution is -0.115. The van der Waals surface area contributed by atoms with Crippen molar-refractivity contribution < 1.29 is 9.32 Å². The van der Waals surface area contributed by atoms with E-state index in [2.05, 4.69) is 15.5 Å². The van der Waals surface area contributed by atoms with Crippen LogP contribution in [0, 0.1) is 13.8 Å². The Morgan fingerprint density at radius 1 is 1.17 bits per heavy atom. The second-order valence-corrected chi connectivity index (χ2v) is 5.98. The van der Waals surface area contributed by atoms with Gasteiger partial charge in [-0.25, -0.2) is 0 Å². The molecule has 0 atom stereocenters. The highest BCUT2D eigenvalue weighted by molar-refractivity contribution is 6.31. The molecule has 0 fully saturated rings. The van der Waals surface area contributed by atoms with Crippen molar-refractivity contribution in [1.82, 2.24) is 10.1 Å². The summed E-state index contributed by atoms with van der Waals surface area (Å²) in [5, 5.41) is 7.23. The first kappa shape index (κ1) is 16.2. The minimum atomic E-state index is -0.230. The highest BCUT2D eigenvalue weighted by atomic mass is 35.5. The average molecular weight is 342 g/mol. The number of halogens is 1. The van der Waals surface area contributed by atoms with Gasteiger partial charge in [-0.05, 0) is 43.7 Å². The van der Waals surface area contributed by atoms with Crippen molar-refractivity contribution in [2.75, 3.05) is 5.32 Å². The molecule has 122 valence electrons. The number of aromatic nitrogens is 2. The minimum Gasteiger partial charge on any atom is -0.334 e. The summed E-state index contributed by atoms with van der Waals surface area (Å²) in [4.78, 5) is 16.4. The summed E-state index contributed by atoms with van der Waals surface area (Å²) in [6, 6.07) is 13.1. The van der Waals surface area contributed by atoms with Crippen LogP contribution in [0.25, 0.3) is 11.5 Å². The van der Waals surface area contributed by atoms with Crippen LogP contribution in [-0.4, -0.2) is 16.0 Å². The Balaban J connectivity index is 1.66. The molecule has 1 aromatic heterocycles. The molecule has 0 unspecified atom stereocenters.